The summed E-state index contributed by atoms with van der Waals surface area (Å²) in [6.07, 6.45) is 1.81. The van der Waals surface area contributed by atoms with Crippen molar-refractivity contribution in [2.24, 2.45) is 4.99 Å². The molecule has 0 atom stereocenters. The predicted octanol–water partition coefficient (Wildman–Crippen LogP) is 3.92. The number of pyridine rings is 1. The van der Waals surface area contributed by atoms with Crippen LogP contribution in [0.1, 0.15) is 23.7 Å². The number of aromatic nitrogens is 1. The van der Waals surface area contributed by atoms with E-state index in [2.05, 4.69) is 33.6 Å². The summed E-state index contributed by atoms with van der Waals surface area (Å²) in [6.45, 7) is 6.14. The van der Waals surface area contributed by atoms with Crippen LogP contribution in [0.4, 0.5) is 0 Å². The first-order chi connectivity index (χ1) is 10.7. The minimum absolute atomic E-state index is 0. The van der Waals surface area contributed by atoms with Crippen LogP contribution in [0.5, 0.6) is 0 Å². The van der Waals surface area contributed by atoms with Gasteiger partial charge in [0.25, 0.3) is 0 Å². The van der Waals surface area contributed by atoms with Crippen molar-refractivity contribution in [2.45, 2.75) is 26.9 Å². The number of nitrogens with one attached hydrogen (secondary N) is 2. The Morgan fingerprint density at radius 1 is 1.22 bits per heavy atom. The fourth-order valence-electron chi connectivity index (χ4n) is 2.02. The lowest BCUT2D eigenvalue weighted by atomic mass is 10.2. The first-order valence-corrected chi connectivity index (χ1v) is 7.74. The lowest BCUT2D eigenvalue weighted by Gasteiger charge is -2.12. The van der Waals surface area contributed by atoms with E-state index in [0.29, 0.717) is 13.1 Å². The van der Waals surface area contributed by atoms with E-state index in [0.717, 1.165) is 28.8 Å². The van der Waals surface area contributed by atoms with Gasteiger partial charge in [0.1, 0.15) is 0 Å². The van der Waals surface area contributed by atoms with Gasteiger partial charge in [0.05, 0.1) is 18.8 Å². The molecule has 0 saturated heterocycles. The van der Waals surface area contributed by atoms with Crippen molar-refractivity contribution in [3.05, 3.63) is 64.4 Å². The Morgan fingerprint density at radius 3 is 2.74 bits per heavy atom. The van der Waals surface area contributed by atoms with Crippen molar-refractivity contribution in [2.75, 3.05) is 6.54 Å². The first kappa shape index (κ1) is 19.7. The van der Waals surface area contributed by atoms with E-state index in [1.165, 1.54) is 5.56 Å². The molecule has 0 spiro atoms. The number of nitrogens with zero attached hydrogens (tertiary/aromatic N) is 2. The van der Waals surface area contributed by atoms with E-state index in [-0.39, 0.29) is 24.0 Å². The van der Waals surface area contributed by atoms with Gasteiger partial charge in [0.2, 0.25) is 0 Å². The van der Waals surface area contributed by atoms with E-state index >= 15 is 0 Å². The molecule has 2 rings (SSSR count). The van der Waals surface area contributed by atoms with Crippen LogP contribution in [-0.2, 0) is 13.1 Å². The van der Waals surface area contributed by atoms with E-state index in [1.54, 1.807) is 6.20 Å². The quantitative estimate of drug-likeness (QED) is 0.417. The summed E-state index contributed by atoms with van der Waals surface area (Å²) < 4.78 is 0. The fraction of sp³-hybridized carbons (Fsp3) is 0.294. The second-order valence-electron chi connectivity index (χ2n) is 4.95. The zero-order valence-corrected chi connectivity index (χ0v) is 16.4. The minimum atomic E-state index is 0. The third-order valence-electron chi connectivity index (χ3n) is 3.19. The minimum Gasteiger partial charge on any atom is -0.357 e. The molecule has 6 heteroatoms. The van der Waals surface area contributed by atoms with Crippen LogP contribution < -0.4 is 10.6 Å². The lowest BCUT2D eigenvalue weighted by molar-refractivity contribution is 0.794. The van der Waals surface area contributed by atoms with Gasteiger partial charge in [-0.25, -0.2) is 4.99 Å². The van der Waals surface area contributed by atoms with Gasteiger partial charge in [0.15, 0.2) is 5.96 Å². The van der Waals surface area contributed by atoms with Gasteiger partial charge in [-0.05, 0) is 43.2 Å². The Kier molecular flexibility index (Phi) is 8.94. The van der Waals surface area contributed by atoms with Crippen molar-refractivity contribution < 1.29 is 0 Å². The summed E-state index contributed by atoms with van der Waals surface area (Å²) >= 11 is 5.99. The highest BCUT2D eigenvalue weighted by Crippen LogP contribution is 2.11. The molecule has 2 N–H and O–H groups in total. The van der Waals surface area contributed by atoms with Crippen molar-refractivity contribution in [3.8, 4) is 0 Å². The zero-order valence-electron chi connectivity index (χ0n) is 13.3. The van der Waals surface area contributed by atoms with Gasteiger partial charge in [-0.15, -0.1) is 24.0 Å². The van der Waals surface area contributed by atoms with Gasteiger partial charge >= 0.3 is 0 Å². The summed E-state index contributed by atoms with van der Waals surface area (Å²) in [6, 6.07) is 11.7. The molecule has 0 bridgehead atoms. The Morgan fingerprint density at radius 2 is 2.04 bits per heavy atom. The fourth-order valence-corrected chi connectivity index (χ4v) is 2.23. The summed E-state index contributed by atoms with van der Waals surface area (Å²) in [5.41, 5.74) is 3.27. The number of rotatable bonds is 5. The Labute approximate surface area is 159 Å². The summed E-state index contributed by atoms with van der Waals surface area (Å²) in [7, 11) is 0. The maximum atomic E-state index is 5.99. The van der Waals surface area contributed by atoms with Gasteiger partial charge in [-0.3, -0.25) is 4.98 Å². The SMILES string of the molecule is CCNC(=NCc1cccc(Cl)c1)NCc1ncccc1C.I. The van der Waals surface area contributed by atoms with E-state index in [1.807, 2.05) is 37.3 Å². The van der Waals surface area contributed by atoms with Crippen LogP contribution in [-0.4, -0.2) is 17.5 Å². The average Bonchev–Trinajstić information content (AvgIpc) is 2.51. The number of halogens is 2. The Bertz CT molecular complexity index is 646. The molecule has 2 aromatic rings. The van der Waals surface area contributed by atoms with E-state index in [4.69, 9.17) is 11.6 Å². The maximum absolute atomic E-state index is 5.99. The number of hydrogen-bond acceptors (Lipinski definition) is 2. The molecule has 1 heterocycles. The Balaban J connectivity index is 0.00000264. The molecule has 1 aromatic heterocycles. The van der Waals surface area contributed by atoms with E-state index < -0.39 is 0 Å². The summed E-state index contributed by atoms with van der Waals surface area (Å²) in [4.78, 5) is 8.96. The molecule has 0 saturated carbocycles. The number of aliphatic imine (C=N–C) groups is 1. The average molecular weight is 445 g/mol. The van der Waals surface area contributed by atoms with Crippen molar-refractivity contribution in [1.29, 1.82) is 0 Å². The van der Waals surface area contributed by atoms with Crippen LogP contribution in [0.3, 0.4) is 0 Å². The molecule has 1 aromatic carbocycles. The van der Waals surface area contributed by atoms with Gasteiger partial charge in [-0.1, -0.05) is 29.8 Å². The van der Waals surface area contributed by atoms with Crippen LogP contribution in [0.2, 0.25) is 5.02 Å². The second kappa shape index (κ2) is 10.4. The highest BCUT2D eigenvalue weighted by Gasteiger charge is 2.02. The van der Waals surface area contributed by atoms with Crippen molar-refractivity contribution >= 4 is 41.5 Å². The largest absolute Gasteiger partial charge is 0.357 e. The molecule has 124 valence electrons. The van der Waals surface area contributed by atoms with Crippen molar-refractivity contribution in [3.63, 3.8) is 0 Å². The molecule has 0 aliphatic heterocycles. The zero-order chi connectivity index (χ0) is 15.8. The van der Waals surface area contributed by atoms with Crippen LogP contribution in [0, 0.1) is 6.92 Å². The standard InChI is InChI=1S/C17H21ClN4.HI/c1-3-19-17(21-11-14-7-4-8-15(18)10-14)22-12-16-13(2)6-5-9-20-16;/h4-10H,3,11-12H2,1-2H3,(H2,19,21,22);1H. The number of guanidine groups is 1. The lowest BCUT2D eigenvalue weighted by Crippen LogP contribution is -2.37. The molecule has 0 amide bonds. The number of hydrogen-bond donors (Lipinski definition) is 2. The smallest absolute Gasteiger partial charge is 0.191 e. The topological polar surface area (TPSA) is 49.3 Å². The summed E-state index contributed by atoms with van der Waals surface area (Å²) in [5.74, 6) is 0.771. The van der Waals surface area contributed by atoms with Gasteiger partial charge < -0.3 is 10.6 Å². The number of benzene rings is 1. The molecular formula is C17H22ClIN4. The molecule has 0 fully saturated rings. The monoisotopic (exact) mass is 444 g/mol. The third kappa shape index (κ3) is 6.74. The maximum Gasteiger partial charge on any atom is 0.191 e. The molecular weight excluding hydrogens is 423 g/mol. The third-order valence-corrected chi connectivity index (χ3v) is 3.43. The molecule has 4 nitrogen and oxygen atoms in total. The van der Waals surface area contributed by atoms with Crippen LogP contribution in [0.25, 0.3) is 0 Å². The highest BCUT2D eigenvalue weighted by atomic mass is 127. The molecule has 23 heavy (non-hydrogen) atoms. The van der Waals surface area contributed by atoms with Crippen LogP contribution >= 0.6 is 35.6 Å². The molecule has 0 aliphatic rings. The van der Waals surface area contributed by atoms with Crippen molar-refractivity contribution in [1.82, 2.24) is 15.6 Å². The molecule has 0 radical (unpaired) electrons. The predicted molar refractivity (Wildman–Crippen MR) is 107 cm³/mol. The molecule has 0 unspecified atom stereocenters. The van der Waals surface area contributed by atoms with Gasteiger partial charge in [0, 0.05) is 17.8 Å². The highest BCUT2D eigenvalue weighted by molar-refractivity contribution is 14.0. The molecule has 0 aliphatic carbocycles. The van der Waals surface area contributed by atoms with E-state index in [9.17, 15) is 0 Å². The first-order valence-electron chi connectivity index (χ1n) is 7.36. The van der Waals surface area contributed by atoms with Crippen LogP contribution in [0.15, 0.2) is 47.6 Å². The second-order valence-corrected chi connectivity index (χ2v) is 5.38. The Hall–Kier alpha value is -1.34. The number of aryl methyl sites for hydroxylation is 1. The normalized spacial score (nSPS) is 10.8. The van der Waals surface area contributed by atoms with Gasteiger partial charge in [-0.2, -0.15) is 0 Å². The summed E-state index contributed by atoms with van der Waals surface area (Å²) in [5, 5.41) is 7.27.